The minimum atomic E-state index is -1.03. The number of aromatic nitrogens is 2. The Morgan fingerprint density at radius 1 is 1.02 bits per heavy atom. The van der Waals surface area contributed by atoms with E-state index in [9.17, 15) is 18.8 Å². The predicted molar refractivity (Wildman–Crippen MR) is 157 cm³/mol. The first-order valence-corrected chi connectivity index (χ1v) is 14.6. The molecule has 3 aromatic rings. The average Bonchev–Trinajstić information content (AvgIpc) is 3.61. The highest BCUT2D eigenvalue weighted by Crippen LogP contribution is 2.50. The Morgan fingerprint density at radius 2 is 1.69 bits per heavy atom. The molecule has 0 saturated heterocycles. The van der Waals surface area contributed by atoms with Crippen LogP contribution in [0, 0.1) is 12.8 Å². The first kappa shape index (κ1) is 28.1. The largest absolute Gasteiger partial charge is 0.345 e. The van der Waals surface area contributed by atoms with Crippen LogP contribution in [-0.4, -0.2) is 63.9 Å². The van der Waals surface area contributed by atoms with Crippen LogP contribution in [0.3, 0.4) is 0 Å². The van der Waals surface area contributed by atoms with Crippen LogP contribution in [0.4, 0.5) is 10.1 Å². The number of halogens is 1. The Kier molecular flexibility index (Phi) is 7.34. The maximum atomic E-state index is 13.3. The van der Waals surface area contributed by atoms with Crippen molar-refractivity contribution in [2.75, 3.05) is 26.0 Å². The van der Waals surface area contributed by atoms with Gasteiger partial charge < -0.3 is 20.1 Å². The number of fused-ring (bicyclic) bond motifs is 2. The topological polar surface area (TPSA) is 99.6 Å². The van der Waals surface area contributed by atoms with Gasteiger partial charge in [-0.15, -0.1) is 0 Å². The first-order valence-electron chi connectivity index (χ1n) is 14.6. The normalized spacial score (nSPS) is 20.4. The second-order valence-electron chi connectivity index (χ2n) is 12.0. The molecule has 2 heterocycles. The van der Waals surface area contributed by atoms with Crippen LogP contribution < -0.4 is 10.6 Å². The van der Waals surface area contributed by atoms with E-state index in [1.165, 1.54) is 0 Å². The first-order chi connectivity index (χ1) is 20.2. The predicted octanol–water partition coefficient (Wildman–Crippen LogP) is 4.01. The lowest BCUT2D eigenvalue weighted by atomic mass is 9.71. The van der Waals surface area contributed by atoms with Gasteiger partial charge in [0.25, 0.3) is 11.8 Å². The van der Waals surface area contributed by atoms with Gasteiger partial charge >= 0.3 is 0 Å². The molecule has 0 bridgehead atoms. The Bertz CT molecular complexity index is 1510. The zero-order chi connectivity index (χ0) is 29.6. The van der Waals surface area contributed by atoms with Gasteiger partial charge in [0, 0.05) is 51.5 Å². The molecule has 2 N–H and O–H groups in total. The molecular formula is C32H37FN6O3. The van der Waals surface area contributed by atoms with Crippen LogP contribution in [0.15, 0.2) is 48.5 Å². The number of benzene rings is 2. The van der Waals surface area contributed by atoms with Gasteiger partial charge in [-0.2, -0.15) is 0 Å². The molecule has 1 aliphatic heterocycles. The number of nitrogens with zero attached hydrogens (tertiary/aromatic N) is 4. The molecule has 2 atom stereocenters. The molecule has 0 unspecified atom stereocenters. The highest BCUT2D eigenvalue weighted by Gasteiger charge is 2.50. The molecule has 0 radical (unpaired) electrons. The highest BCUT2D eigenvalue weighted by atomic mass is 19.1. The molecular weight excluding hydrogens is 535 g/mol. The molecule has 9 nitrogen and oxygen atoms in total. The molecule has 2 aromatic carbocycles. The molecule has 3 amide bonds. The summed E-state index contributed by atoms with van der Waals surface area (Å²) in [5, 5.41) is 5.74. The number of alkyl halides is 1. The Hall–Kier alpha value is -4.05. The smallest absolute Gasteiger partial charge is 0.287 e. The lowest BCUT2D eigenvalue weighted by Gasteiger charge is -2.53. The van der Waals surface area contributed by atoms with E-state index in [0.29, 0.717) is 36.6 Å². The van der Waals surface area contributed by atoms with Crippen LogP contribution in [0.1, 0.15) is 69.2 Å². The van der Waals surface area contributed by atoms with E-state index < -0.39 is 12.1 Å². The van der Waals surface area contributed by atoms with Gasteiger partial charge in [-0.25, -0.2) is 9.37 Å². The summed E-state index contributed by atoms with van der Waals surface area (Å²) in [6, 6.07) is 15.1. The lowest BCUT2D eigenvalue weighted by molar-refractivity contribution is -0.117. The summed E-state index contributed by atoms with van der Waals surface area (Å²) in [4.78, 5) is 46.4. The lowest BCUT2D eigenvalue weighted by Crippen LogP contribution is -2.56. The zero-order valence-corrected chi connectivity index (χ0v) is 24.3. The minimum Gasteiger partial charge on any atom is -0.345 e. The number of amides is 3. The zero-order valence-electron chi connectivity index (χ0n) is 24.3. The molecule has 2 aliphatic carbocycles. The van der Waals surface area contributed by atoms with Crippen LogP contribution >= 0.6 is 0 Å². The van der Waals surface area contributed by atoms with Crippen molar-refractivity contribution < 1.29 is 18.8 Å². The second kappa shape index (κ2) is 11.0. The summed E-state index contributed by atoms with van der Waals surface area (Å²) in [5.41, 5.74) is 5.22. The van der Waals surface area contributed by atoms with Gasteiger partial charge in [0.05, 0.1) is 22.8 Å². The number of rotatable bonds is 8. The number of carbonyl (C=O) groups is 3. The highest BCUT2D eigenvalue weighted by molar-refractivity contribution is 5.95. The van der Waals surface area contributed by atoms with E-state index in [-0.39, 0.29) is 23.3 Å². The quantitative estimate of drug-likeness (QED) is 0.425. The van der Waals surface area contributed by atoms with Crippen LogP contribution in [0.5, 0.6) is 0 Å². The van der Waals surface area contributed by atoms with Crippen molar-refractivity contribution in [3.05, 3.63) is 82.4 Å². The summed E-state index contributed by atoms with van der Waals surface area (Å²) in [5.74, 6) is -0.611. The molecule has 2 fully saturated rings. The molecule has 3 aliphatic rings. The average molecular weight is 573 g/mol. The van der Waals surface area contributed by atoms with Crippen molar-refractivity contribution in [2.24, 2.45) is 5.92 Å². The summed E-state index contributed by atoms with van der Waals surface area (Å²) >= 11 is 0. The van der Waals surface area contributed by atoms with E-state index in [2.05, 4.69) is 20.1 Å². The van der Waals surface area contributed by atoms with Crippen molar-refractivity contribution in [1.29, 1.82) is 0 Å². The van der Waals surface area contributed by atoms with Crippen molar-refractivity contribution in [1.82, 2.24) is 24.7 Å². The number of carbonyl (C=O) groups excluding carboxylic acids is 3. The van der Waals surface area contributed by atoms with Gasteiger partial charge in [0.15, 0.2) is 5.82 Å². The Balaban J connectivity index is 1.12. The third-order valence-electron chi connectivity index (χ3n) is 8.87. The molecule has 2 saturated carbocycles. The molecule has 220 valence electrons. The summed E-state index contributed by atoms with van der Waals surface area (Å²) in [6.07, 6.45) is 2.43. The van der Waals surface area contributed by atoms with Crippen LogP contribution in [0.25, 0.3) is 0 Å². The summed E-state index contributed by atoms with van der Waals surface area (Å²) in [7, 11) is 3.51. The Labute approximate surface area is 245 Å². The van der Waals surface area contributed by atoms with Gasteiger partial charge in [-0.05, 0) is 68.0 Å². The summed E-state index contributed by atoms with van der Waals surface area (Å²) in [6.45, 7) is 4.57. The summed E-state index contributed by atoms with van der Waals surface area (Å²) < 4.78 is 15.2. The molecule has 10 heteroatoms. The molecule has 1 aromatic heterocycles. The van der Waals surface area contributed by atoms with Crippen molar-refractivity contribution in [3.63, 3.8) is 0 Å². The van der Waals surface area contributed by atoms with E-state index in [0.717, 1.165) is 54.9 Å². The van der Waals surface area contributed by atoms with Crippen molar-refractivity contribution >= 4 is 23.4 Å². The second-order valence-corrected chi connectivity index (χ2v) is 12.0. The fraction of sp³-hybridized carbons (Fsp3) is 0.438. The number of aryl methyl sites for hydroxylation is 1. The van der Waals surface area contributed by atoms with Gasteiger partial charge in [0.1, 0.15) is 6.17 Å². The van der Waals surface area contributed by atoms with E-state index in [1.54, 1.807) is 31.1 Å². The number of nitrogens with one attached hydrogen (secondary N) is 2. The Morgan fingerprint density at radius 3 is 2.29 bits per heavy atom. The van der Waals surface area contributed by atoms with Crippen molar-refractivity contribution in [3.8, 4) is 0 Å². The maximum absolute atomic E-state index is 13.3. The molecule has 6 rings (SSSR count). The maximum Gasteiger partial charge on any atom is 0.287 e. The molecule has 42 heavy (non-hydrogen) atoms. The van der Waals surface area contributed by atoms with Crippen LogP contribution in [-0.2, 0) is 30.0 Å². The van der Waals surface area contributed by atoms with Gasteiger partial charge in [-0.1, -0.05) is 24.3 Å². The van der Waals surface area contributed by atoms with Gasteiger partial charge in [-0.3, -0.25) is 19.3 Å². The number of hydrogen-bond acceptors (Lipinski definition) is 5. The van der Waals surface area contributed by atoms with E-state index in [1.807, 2.05) is 43.3 Å². The third kappa shape index (κ3) is 5.19. The number of hydrogen-bond donors (Lipinski definition) is 2. The standard InChI is InChI=1S/C32H37FN6O3/c1-20-27-32(13-4-14-32)38(19-22-5-9-23(10-6-22)31(42)37(2)3)15-16-39(27)28(35-20)30(41)34-18-21-7-11-24(12-8-21)36-29(40)25-17-26(25)33/h5-12,25-26H,4,13-19H2,1-3H3,(H,34,41)(H,36,40)/t25-,26+/m1/s1. The van der Waals surface area contributed by atoms with Gasteiger partial charge in [0.2, 0.25) is 5.91 Å². The van der Waals surface area contributed by atoms with E-state index >= 15 is 0 Å². The fourth-order valence-electron chi connectivity index (χ4n) is 6.30. The third-order valence-corrected chi connectivity index (χ3v) is 8.87. The number of anilines is 1. The minimum absolute atomic E-state index is 0.00728. The van der Waals surface area contributed by atoms with E-state index in [4.69, 9.17) is 4.98 Å². The monoisotopic (exact) mass is 572 g/mol. The number of imidazole rings is 1. The molecule has 1 spiro atoms. The SMILES string of the molecule is Cc1nc(C(=O)NCc2ccc(NC(=O)[C@@H]3C[C@@H]3F)cc2)n2c1C1(CCC1)N(Cc1ccc(C(=O)N(C)C)cc1)CC2. The van der Waals surface area contributed by atoms with Crippen LogP contribution in [0.2, 0.25) is 0 Å². The fourth-order valence-corrected chi connectivity index (χ4v) is 6.30. The van der Waals surface area contributed by atoms with Crippen molar-refractivity contribution in [2.45, 2.75) is 64.0 Å².